The molecule has 0 aliphatic heterocycles. The van der Waals surface area contributed by atoms with Crippen LogP contribution in [0, 0.1) is 0 Å². The van der Waals surface area contributed by atoms with Gasteiger partial charge in [0.1, 0.15) is 4.90 Å². The fourth-order valence-corrected chi connectivity index (χ4v) is 4.19. The normalized spacial score (nSPS) is 13.5. The van der Waals surface area contributed by atoms with Gasteiger partial charge in [-0.1, -0.05) is 6.92 Å². The Balaban J connectivity index is 3.15. The molecule has 0 radical (unpaired) electrons. The van der Waals surface area contributed by atoms with Crippen molar-refractivity contribution < 1.29 is 8.42 Å². The van der Waals surface area contributed by atoms with Gasteiger partial charge in [0.2, 0.25) is 10.0 Å². The zero-order valence-electron chi connectivity index (χ0n) is 11.3. The van der Waals surface area contributed by atoms with Crippen molar-refractivity contribution in [3.8, 4) is 0 Å². The van der Waals surface area contributed by atoms with Crippen LogP contribution in [-0.2, 0) is 10.0 Å². The van der Waals surface area contributed by atoms with Crippen LogP contribution in [0.2, 0.25) is 0 Å². The van der Waals surface area contributed by atoms with Crippen molar-refractivity contribution in [2.75, 3.05) is 24.5 Å². The Labute approximate surface area is 118 Å². The van der Waals surface area contributed by atoms with Crippen molar-refractivity contribution in [1.29, 1.82) is 0 Å². The van der Waals surface area contributed by atoms with Crippen molar-refractivity contribution in [1.82, 2.24) is 9.29 Å². The summed E-state index contributed by atoms with van der Waals surface area (Å²) in [6.45, 7) is 1.97. The minimum Gasteiger partial charge on any atom is -0.323 e. The first-order chi connectivity index (χ1) is 8.98. The number of nitrogen functional groups attached to an aromatic ring is 1. The lowest BCUT2D eigenvalue weighted by atomic mass is 10.3. The van der Waals surface area contributed by atoms with Gasteiger partial charge in [-0.25, -0.2) is 8.42 Å². The Kier molecular flexibility index (Phi) is 6.05. The number of nitrogens with one attached hydrogen (secondary N) is 1. The van der Waals surface area contributed by atoms with E-state index >= 15 is 0 Å². The zero-order valence-corrected chi connectivity index (χ0v) is 13.0. The predicted molar refractivity (Wildman–Crippen MR) is 79.5 cm³/mol. The molecule has 19 heavy (non-hydrogen) atoms. The Morgan fingerprint density at radius 2 is 2.26 bits per heavy atom. The number of sulfonamides is 1. The lowest BCUT2D eigenvalue weighted by Gasteiger charge is -2.26. The fraction of sp³-hybridized carbons (Fsp3) is 0.545. The van der Waals surface area contributed by atoms with E-state index < -0.39 is 10.0 Å². The lowest BCUT2D eigenvalue weighted by molar-refractivity contribution is 0.385. The second-order valence-corrected chi connectivity index (χ2v) is 6.93. The first-order valence-electron chi connectivity index (χ1n) is 5.86. The van der Waals surface area contributed by atoms with Gasteiger partial charge in [-0.3, -0.25) is 10.8 Å². The summed E-state index contributed by atoms with van der Waals surface area (Å²) in [5.74, 6) is 6.10. The van der Waals surface area contributed by atoms with Crippen LogP contribution in [0.15, 0.2) is 23.4 Å². The molecule has 8 heteroatoms. The number of hydrazine groups is 1. The summed E-state index contributed by atoms with van der Waals surface area (Å²) < 4.78 is 26.5. The van der Waals surface area contributed by atoms with Gasteiger partial charge in [0.25, 0.3) is 0 Å². The highest BCUT2D eigenvalue weighted by atomic mass is 32.2. The van der Waals surface area contributed by atoms with E-state index in [1.807, 2.05) is 13.2 Å². The summed E-state index contributed by atoms with van der Waals surface area (Å²) >= 11 is 1.62. The van der Waals surface area contributed by atoms with E-state index in [0.717, 1.165) is 12.2 Å². The minimum atomic E-state index is -3.60. The molecule has 3 N–H and O–H groups in total. The molecule has 6 nitrogen and oxygen atoms in total. The van der Waals surface area contributed by atoms with Crippen LogP contribution in [0.5, 0.6) is 0 Å². The van der Waals surface area contributed by atoms with Crippen molar-refractivity contribution in [3.05, 3.63) is 18.5 Å². The molecule has 1 unspecified atom stereocenters. The van der Waals surface area contributed by atoms with Crippen molar-refractivity contribution in [3.63, 3.8) is 0 Å². The maximum absolute atomic E-state index is 12.6. The molecule has 0 amide bonds. The number of thioether (sulfide) groups is 1. The Hall–Kier alpha value is -0.830. The molecular weight excluding hydrogens is 284 g/mol. The monoisotopic (exact) mass is 304 g/mol. The molecule has 1 heterocycles. The number of hydrogen-bond donors (Lipinski definition) is 2. The summed E-state index contributed by atoms with van der Waals surface area (Å²) in [5, 5.41) is 0. The van der Waals surface area contributed by atoms with Gasteiger partial charge in [-0.15, -0.1) is 0 Å². The van der Waals surface area contributed by atoms with Crippen LogP contribution < -0.4 is 11.3 Å². The number of anilines is 1. The summed E-state index contributed by atoms with van der Waals surface area (Å²) in [5.41, 5.74) is 2.74. The highest BCUT2D eigenvalue weighted by molar-refractivity contribution is 7.98. The van der Waals surface area contributed by atoms with E-state index in [1.54, 1.807) is 18.8 Å². The number of nitrogens with two attached hydrogens (primary N) is 1. The van der Waals surface area contributed by atoms with Gasteiger partial charge in [0.15, 0.2) is 0 Å². The van der Waals surface area contributed by atoms with Gasteiger partial charge in [-0.2, -0.15) is 16.1 Å². The largest absolute Gasteiger partial charge is 0.323 e. The average molecular weight is 304 g/mol. The number of aromatic nitrogens is 1. The van der Waals surface area contributed by atoms with E-state index in [4.69, 9.17) is 5.84 Å². The first-order valence-corrected chi connectivity index (χ1v) is 8.70. The Bertz CT molecular complexity index is 507. The van der Waals surface area contributed by atoms with Crippen molar-refractivity contribution in [2.24, 2.45) is 5.84 Å². The molecule has 0 aromatic carbocycles. The molecule has 0 aliphatic rings. The second kappa shape index (κ2) is 7.09. The second-order valence-electron chi connectivity index (χ2n) is 4.05. The molecule has 1 aromatic heterocycles. The number of nitrogens with zero attached hydrogens (tertiary/aromatic N) is 2. The maximum atomic E-state index is 12.6. The van der Waals surface area contributed by atoms with Gasteiger partial charge < -0.3 is 5.43 Å². The Morgan fingerprint density at radius 1 is 1.58 bits per heavy atom. The van der Waals surface area contributed by atoms with Crippen LogP contribution in [-0.4, -0.2) is 42.8 Å². The smallest absolute Gasteiger partial charge is 0.246 e. The predicted octanol–water partition coefficient (Wildman–Crippen LogP) is 1.13. The zero-order chi connectivity index (χ0) is 14.5. The number of hydrogen-bond acceptors (Lipinski definition) is 6. The fourth-order valence-electron chi connectivity index (χ4n) is 1.73. The van der Waals surface area contributed by atoms with Crippen LogP contribution in [0.25, 0.3) is 0 Å². The summed E-state index contributed by atoms with van der Waals surface area (Å²) in [6, 6.07) is 1.49. The minimum absolute atomic E-state index is 0.0502. The molecule has 0 saturated heterocycles. The molecular formula is C11H20N4O2S2. The molecule has 108 valence electrons. The molecule has 1 rings (SSSR count). The quantitative estimate of drug-likeness (QED) is 0.580. The van der Waals surface area contributed by atoms with Crippen LogP contribution in [0.4, 0.5) is 5.69 Å². The van der Waals surface area contributed by atoms with E-state index in [0.29, 0.717) is 5.69 Å². The summed E-state index contributed by atoms with van der Waals surface area (Å²) in [7, 11) is -2.01. The molecule has 0 fully saturated rings. The topological polar surface area (TPSA) is 88.3 Å². The third kappa shape index (κ3) is 3.59. The number of rotatable bonds is 7. The lowest BCUT2D eigenvalue weighted by Crippen LogP contribution is -2.38. The molecule has 1 aromatic rings. The molecule has 0 aliphatic carbocycles. The average Bonchev–Trinajstić information content (AvgIpc) is 2.43. The van der Waals surface area contributed by atoms with Gasteiger partial charge in [-0.05, 0) is 18.7 Å². The highest BCUT2D eigenvalue weighted by Crippen LogP contribution is 2.24. The molecule has 0 saturated carbocycles. The highest BCUT2D eigenvalue weighted by Gasteiger charge is 2.28. The maximum Gasteiger partial charge on any atom is 0.246 e. The molecule has 1 atom stereocenters. The van der Waals surface area contributed by atoms with E-state index in [2.05, 4.69) is 10.4 Å². The standard InChI is InChI=1S/C11H20N4O2S2/c1-4-9(8-18-3)15(2)19(16,17)11-7-13-6-5-10(11)14-12/h5-7,9H,4,8,12H2,1-3H3,(H,13,14). The Morgan fingerprint density at radius 3 is 2.79 bits per heavy atom. The SMILES string of the molecule is CCC(CSC)N(C)S(=O)(=O)c1cnccc1NN. The van der Waals surface area contributed by atoms with E-state index in [-0.39, 0.29) is 10.9 Å². The van der Waals surface area contributed by atoms with E-state index in [1.165, 1.54) is 22.8 Å². The van der Waals surface area contributed by atoms with Crippen molar-refractivity contribution >= 4 is 27.5 Å². The number of pyridine rings is 1. The van der Waals surface area contributed by atoms with Crippen LogP contribution >= 0.6 is 11.8 Å². The van der Waals surface area contributed by atoms with Gasteiger partial charge in [0.05, 0.1) is 5.69 Å². The van der Waals surface area contributed by atoms with Crippen LogP contribution in [0.3, 0.4) is 0 Å². The third-order valence-corrected chi connectivity index (χ3v) is 5.60. The van der Waals surface area contributed by atoms with Gasteiger partial charge in [0, 0.05) is 31.2 Å². The summed E-state index contributed by atoms with van der Waals surface area (Å²) in [4.78, 5) is 3.96. The molecule has 0 bridgehead atoms. The van der Waals surface area contributed by atoms with Gasteiger partial charge >= 0.3 is 0 Å². The van der Waals surface area contributed by atoms with Crippen LogP contribution in [0.1, 0.15) is 13.3 Å². The first kappa shape index (κ1) is 16.2. The van der Waals surface area contributed by atoms with Crippen molar-refractivity contribution in [2.45, 2.75) is 24.3 Å². The van der Waals surface area contributed by atoms with E-state index in [9.17, 15) is 8.42 Å². The third-order valence-electron chi connectivity index (χ3n) is 2.94. The molecule has 0 spiro atoms. The summed E-state index contributed by atoms with van der Waals surface area (Å²) in [6.07, 6.45) is 5.52.